The molecule has 0 saturated carbocycles. The molecule has 0 heterocycles. The molecule has 0 aromatic heterocycles. The summed E-state index contributed by atoms with van der Waals surface area (Å²) in [6, 6.07) is 22.4. The molecule has 6 nitrogen and oxygen atoms in total. The SMILES string of the molecule is Cc1ccccc1OCC(=O)NNC(=O)c1ccccc1C(=O)c1ccccc1. The van der Waals surface area contributed by atoms with Gasteiger partial charge in [0.1, 0.15) is 5.75 Å². The van der Waals surface area contributed by atoms with Gasteiger partial charge in [0.05, 0.1) is 5.56 Å². The molecule has 146 valence electrons. The monoisotopic (exact) mass is 388 g/mol. The van der Waals surface area contributed by atoms with Gasteiger partial charge in [-0.15, -0.1) is 0 Å². The van der Waals surface area contributed by atoms with Crippen LogP contribution in [0.15, 0.2) is 78.9 Å². The van der Waals surface area contributed by atoms with E-state index in [9.17, 15) is 14.4 Å². The van der Waals surface area contributed by atoms with Crippen molar-refractivity contribution in [2.45, 2.75) is 6.92 Å². The number of rotatable bonds is 6. The first-order valence-electron chi connectivity index (χ1n) is 9.02. The number of aryl methyl sites for hydroxylation is 1. The second-order valence-electron chi connectivity index (χ2n) is 6.30. The largest absolute Gasteiger partial charge is 0.483 e. The van der Waals surface area contributed by atoms with E-state index in [0.29, 0.717) is 11.3 Å². The van der Waals surface area contributed by atoms with Gasteiger partial charge in [-0.05, 0) is 24.6 Å². The Morgan fingerprint density at radius 2 is 1.38 bits per heavy atom. The summed E-state index contributed by atoms with van der Waals surface area (Å²) in [6.07, 6.45) is 0. The fraction of sp³-hybridized carbons (Fsp3) is 0.0870. The number of hydrogen-bond donors (Lipinski definition) is 2. The fourth-order valence-electron chi connectivity index (χ4n) is 2.72. The minimum absolute atomic E-state index is 0.168. The van der Waals surface area contributed by atoms with Crippen LogP contribution in [0.5, 0.6) is 5.75 Å². The molecular formula is C23H20N2O4. The van der Waals surface area contributed by atoms with Gasteiger partial charge in [0.2, 0.25) is 0 Å². The zero-order chi connectivity index (χ0) is 20.6. The maximum Gasteiger partial charge on any atom is 0.276 e. The molecule has 0 saturated heterocycles. The lowest BCUT2D eigenvalue weighted by Gasteiger charge is -2.12. The average Bonchev–Trinajstić information content (AvgIpc) is 2.77. The van der Waals surface area contributed by atoms with E-state index in [1.165, 1.54) is 6.07 Å². The number of amides is 2. The van der Waals surface area contributed by atoms with Crippen molar-refractivity contribution in [1.82, 2.24) is 10.9 Å². The molecule has 6 heteroatoms. The Balaban J connectivity index is 1.62. The first kappa shape index (κ1) is 19.8. The van der Waals surface area contributed by atoms with Gasteiger partial charge in [0.15, 0.2) is 12.4 Å². The Bertz CT molecular complexity index is 1030. The van der Waals surface area contributed by atoms with Crippen LogP contribution in [0.4, 0.5) is 0 Å². The van der Waals surface area contributed by atoms with E-state index in [1.807, 2.05) is 31.2 Å². The number of nitrogens with one attached hydrogen (secondary N) is 2. The molecule has 0 fully saturated rings. The Labute approximate surface area is 168 Å². The van der Waals surface area contributed by atoms with E-state index in [1.54, 1.807) is 48.5 Å². The van der Waals surface area contributed by atoms with Crippen molar-refractivity contribution in [3.8, 4) is 5.75 Å². The molecule has 0 aliphatic heterocycles. The quantitative estimate of drug-likeness (QED) is 0.502. The summed E-state index contributed by atoms with van der Waals surface area (Å²) >= 11 is 0. The lowest BCUT2D eigenvalue weighted by Crippen LogP contribution is -2.44. The Kier molecular flexibility index (Phi) is 6.37. The van der Waals surface area contributed by atoms with Gasteiger partial charge in [-0.25, -0.2) is 0 Å². The molecule has 29 heavy (non-hydrogen) atoms. The molecular weight excluding hydrogens is 368 g/mol. The normalized spacial score (nSPS) is 10.1. The molecule has 0 aliphatic rings. The minimum Gasteiger partial charge on any atom is -0.483 e. The first-order valence-corrected chi connectivity index (χ1v) is 9.02. The van der Waals surface area contributed by atoms with Crippen molar-refractivity contribution in [3.63, 3.8) is 0 Å². The van der Waals surface area contributed by atoms with Gasteiger partial charge in [-0.3, -0.25) is 25.2 Å². The van der Waals surface area contributed by atoms with Crippen LogP contribution in [0.1, 0.15) is 31.8 Å². The molecule has 3 rings (SSSR count). The average molecular weight is 388 g/mol. The van der Waals surface area contributed by atoms with E-state index < -0.39 is 11.8 Å². The smallest absolute Gasteiger partial charge is 0.276 e. The van der Waals surface area contributed by atoms with Crippen molar-refractivity contribution in [2.75, 3.05) is 6.61 Å². The number of benzene rings is 3. The summed E-state index contributed by atoms with van der Waals surface area (Å²) < 4.78 is 5.44. The van der Waals surface area contributed by atoms with Gasteiger partial charge >= 0.3 is 0 Å². The number of hydrogen-bond acceptors (Lipinski definition) is 4. The minimum atomic E-state index is -0.589. The van der Waals surface area contributed by atoms with Crippen LogP contribution in [0.2, 0.25) is 0 Å². The Morgan fingerprint density at radius 1 is 0.759 bits per heavy atom. The highest BCUT2D eigenvalue weighted by Gasteiger charge is 2.18. The second kappa shape index (κ2) is 9.32. The van der Waals surface area contributed by atoms with Crippen LogP contribution in [0, 0.1) is 6.92 Å². The van der Waals surface area contributed by atoms with Crippen LogP contribution in [0.3, 0.4) is 0 Å². The van der Waals surface area contributed by atoms with Crippen molar-refractivity contribution < 1.29 is 19.1 Å². The highest BCUT2D eigenvalue weighted by molar-refractivity contribution is 6.15. The van der Waals surface area contributed by atoms with Crippen molar-refractivity contribution in [3.05, 3.63) is 101 Å². The summed E-state index contributed by atoms with van der Waals surface area (Å²) in [5.74, 6) is -0.791. The summed E-state index contributed by atoms with van der Waals surface area (Å²) in [5.41, 5.74) is 6.42. The number of carbonyl (C=O) groups is 3. The lowest BCUT2D eigenvalue weighted by molar-refractivity contribution is -0.123. The maximum absolute atomic E-state index is 12.7. The van der Waals surface area contributed by atoms with E-state index in [4.69, 9.17) is 4.74 Å². The summed E-state index contributed by atoms with van der Waals surface area (Å²) in [5, 5.41) is 0. The number of ether oxygens (including phenoxy) is 1. The zero-order valence-corrected chi connectivity index (χ0v) is 15.8. The molecule has 0 aliphatic carbocycles. The molecule has 0 unspecified atom stereocenters. The molecule has 2 N–H and O–H groups in total. The van der Waals surface area contributed by atoms with Crippen molar-refractivity contribution in [1.29, 1.82) is 0 Å². The number of ketones is 1. The third-order valence-electron chi connectivity index (χ3n) is 4.22. The second-order valence-corrected chi connectivity index (χ2v) is 6.30. The number of para-hydroxylation sites is 1. The predicted octanol–water partition coefficient (Wildman–Crippen LogP) is 3.07. The van der Waals surface area contributed by atoms with Gasteiger partial charge in [-0.2, -0.15) is 0 Å². The summed E-state index contributed by atoms with van der Waals surface area (Å²) in [6.45, 7) is 1.62. The lowest BCUT2D eigenvalue weighted by atomic mass is 9.98. The van der Waals surface area contributed by atoms with Crippen LogP contribution in [0.25, 0.3) is 0 Å². The van der Waals surface area contributed by atoms with E-state index >= 15 is 0 Å². The molecule has 2 amide bonds. The third kappa shape index (κ3) is 5.07. The van der Waals surface area contributed by atoms with Crippen LogP contribution < -0.4 is 15.6 Å². The van der Waals surface area contributed by atoms with E-state index in [0.717, 1.165) is 5.56 Å². The molecule has 0 bridgehead atoms. The molecule has 3 aromatic carbocycles. The van der Waals surface area contributed by atoms with E-state index in [-0.39, 0.29) is 23.5 Å². The van der Waals surface area contributed by atoms with Crippen LogP contribution >= 0.6 is 0 Å². The van der Waals surface area contributed by atoms with Crippen LogP contribution in [-0.4, -0.2) is 24.2 Å². The van der Waals surface area contributed by atoms with Crippen LogP contribution in [-0.2, 0) is 4.79 Å². The Hall–Kier alpha value is -3.93. The summed E-state index contributed by atoms with van der Waals surface area (Å²) in [4.78, 5) is 37.2. The van der Waals surface area contributed by atoms with Crippen molar-refractivity contribution >= 4 is 17.6 Å². The molecule has 0 radical (unpaired) electrons. The zero-order valence-electron chi connectivity index (χ0n) is 15.8. The van der Waals surface area contributed by atoms with Gasteiger partial charge in [0, 0.05) is 11.1 Å². The molecule has 0 spiro atoms. The van der Waals surface area contributed by atoms with Gasteiger partial charge in [0.25, 0.3) is 11.8 Å². The highest BCUT2D eigenvalue weighted by atomic mass is 16.5. The highest BCUT2D eigenvalue weighted by Crippen LogP contribution is 2.16. The fourth-order valence-corrected chi connectivity index (χ4v) is 2.72. The van der Waals surface area contributed by atoms with Crippen molar-refractivity contribution in [2.24, 2.45) is 0 Å². The third-order valence-corrected chi connectivity index (χ3v) is 4.22. The molecule has 3 aromatic rings. The van der Waals surface area contributed by atoms with Gasteiger partial charge in [-0.1, -0.05) is 66.7 Å². The standard InChI is InChI=1S/C23H20N2O4/c1-16-9-5-8-14-20(16)29-15-21(26)24-25-23(28)19-13-7-6-12-18(19)22(27)17-10-3-2-4-11-17/h2-14H,15H2,1H3,(H,24,26)(H,25,28). The number of carbonyl (C=O) groups excluding carboxylic acids is 3. The predicted molar refractivity (Wildman–Crippen MR) is 109 cm³/mol. The maximum atomic E-state index is 12.7. The topological polar surface area (TPSA) is 84.5 Å². The Morgan fingerprint density at radius 3 is 2.10 bits per heavy atom. The number of hydrazine groups is 1. The van der Waals surface area contributed by atoms with E-state index in [2.05, 4.69) is 10.9 Å². The van der Waals surface area contributed by atoms with Gasteiger partial charge < -0.3 is 4.74 Å². The first-order chi connectivity index (χ1) is 14.1. The molecule has 0 atom stereocenters. The summed E-state index contributed by atoms with van der Waals surface area (Å²) in [7, 11) is 0.